The summed E-state index contributed by atoms with van der Waals surface area (Å²) in [6, 6.07) is 10.5. The normalized spacial score (nSPS) is 28.3. The van der Waals surface area contributed by atoms with E-state index in [4.69, 9.17) is 4.74 Å². The summed E-state index contributed by atoms with van der Waals surface area (Å²) >= 11 is 0. The van der Waals surface area contributed by atoms with E-state index in [9.17, 15) is 9.90 Å². The van der Waals surface area contributed by atoms with Crippen molar-refractivity contribution in [1.82, 2.24) is 0 Å². The van der Waals surface area contributed by atoms with Crippen molar-refractivity contribution in [2.24, 2.45) is 10.8 Å². The van der Waals surface area contributed by atoms with E-state index in [-0.39, 0.29) is 29.3 Å². The fraction of sp³-hybridized carbons (Fsp3) is 0.522. The first kappa shape index (κ1) is 18.9. The second kappa shape index (κ2) is 7.03. The molecule has 3 rings (SSSR count). The van der Waals surface area contributed by atoms with Crippen LogP contribution in [0.15, 0.2) is 48.1 Å². The van der Waals surface area contributed by atoms with E-state index in [1.54, 1.807) is 0 Å². The van der Waals surface area contributed by atoms with E-state index in [0.29, 0.717) is 6.42 Å². The molecule has 1 aromatic rings. The maximum Gasteiger partial charge on any atom is 0.309 e. The van der Waals surface area contributed by atoms with Crippen LogP contribution in [-0.4, -0.2) is 23.3 Å². The molecular formula is C23H30O3. The zero-order valence-electron chi connectivity index (χ0n) is 16.3. The van der Waals surface area contributed by atoms with Gasteiger partial charge in [-0.2, -0.15) is 0 Å². The summed E-state index contributed by atoms with van der Waals surface area (Å²) < 4.78 is 5.39. The highest BCUT2D eigenvalue weighted by Crippen LogP contribution is 2.52. The van der Waals surface area contributed by atoms with Crippen molar-refractivity contribution in [2.75, 3.05) is 0 Å². The molecule has 2 unspecified atom stereocenters. The van der Waals surface area contributed by atoms with Crippen LogP contribution in [0.25, 0.3) is 5.57 Å². The molecule has 0 radical (unpaired) electrons. The summed E-state index contributed by atoms with van der Waals surface area (Å²) in [6.45, 7) is 9.24. The molecule has 3 heteroatoms. The largest absolute Gasteiger partial charge is 0.458 e. The first-order valence-corrected chi connectivity index (χ1v) is 9.51. The predicted octanol–water partition coefficient (Wildman–Crippen LogP) is 4.91. The van der Waals surface area contributed by atoms with Crippen LogP contribution in [-0.2, 0) is 9.53 Å². The van der Waals surface area contributed by atoms with Gasteiger partial charge in [-0.3, -0.25) is 4.79 Å². The van der Waals surface area contributed by atoms with E-state index >= 15 is 0 Å². The van der Waals surface area contributed by atoms with E-state index in [2.05, 4.69) is 58.0 Å². The standard InChI is InChI=1S/C23H30O3/c1-22(2)14-19(16-8-6-5-7-9-16)20(23(3,4)15-22)11-10-18-12-17(24)13-21(25)26-18/h5-11,17-18,24H,12-15H2,1-4H3. The SMILES string of the molecule is CC1(C)CC(c2ccccc2)=C(C=CC2CC(O)CC(=O)O2)C(C)(C)C1. The number of hydrogen-bond donors (Lipinski definition) is 1. The molecule has 1 aliphatic heterocycles. The average molecular weight is 354 g/mol. The molecule has 1 N–H and O–H groups in total. The second-order valence-corrected chi connectivity index (χ2v) is 9.14. The number of carbonyl (C=O) groups is 1. The van der Waals surface area contributed by atoms with E-state index in [1.807, 2.05) is 12.1 Å². The van der Waals surface area contributed by atoms with Crippen LogP contribution in [0.1, 0.15) is 58.9 Å². The van der Waals surface area contributed by atoms with Crippen LogP contribution in [0, 0.1) is 10.8 Å². The lowest BCUT2D eigenvalue weighted by Gasteiger charge is -2.43. The van der Waals surface area contributed by atoms with Crippen molar-refractivity contribution in [3.8, 4) is 0 Å². The van der Waals surface area contributed by atoms with Crippen LogP contribution in [0.4, 0.5) is 0 Å². The molecule has 2 aliphatic rings. The summed E-state index contributed by atoms with van der Waals surface area (Å²) in [5.74, 6) is -0.320. The Kier molecular flexibility index (Phi) is 5.12. The number of benzene rings is 1. The molecule has 0 aromatic heterocycles. The smallest absolute Gasteiger partial charge is 0.309 e. The van der Waals surface area contributed by atoms with Crippen molar-refractivity contribution in [1.29, 1.82) is 0 Å². The van der Waals surface area contributed by atoms with Gasteiger partial charge in [0, 0.05) is 6.42 Å². The molecule has 0 amide bonds. The highest BCUT2D eigenvalue weighted by molar-refractivity contribution is 5.74. The lowest BCUT2D eigenvalue weighted by atomic mass is 9.61. The van der Waals surface area contributed by atoms with Gasteiger partial charge in [-0.05, 0) is 46.5 Å². The minimum Gasteiger partial charge on any atom is -0.458 e. The third-order valence-corrected chi connectivity index (χ3v) is 5.42. The highest BCUT2D eigenvalue weighted by atomic mass is 16.5. The first-order valence-electron chi connectivity index (χ1n) is 9.51. The average Bonchev–Trinajstić information content (AvgIpc) is 2.51. The molecule has 1 saturated heterocycles. The highest BCUT2D eigenvalue weighted by Gasteiger charge is 2.38. The van der Waals surface area contributed by atoms with Gasteiger partial charge in [0.15, 0.2) is 0 Å². The van der Waals surface area contributed by atoms with E-state index in [0.717, 1.165) is 12.8 Å². The molecule has 140 valence electrons. The van der Waals surface area contributed by atoms with Gasteiger partial charge < -0.3 is 9.84 Å². The number of esters is 1. The number of carbonyl (C=O) groups excluding carboxylic acids is 1. The zero-order valence-corrected chi connectivity index (χ0v) is 16.3. The van der Waals surface area contributed by atoms with Crippen molar-refractivity contribution in [2.45, 2.75) is 65.6 Å². The second-order valence-electron chi connectivity index (χ2n) is 9.14. The molecular weight excluding hydrogens is 324 g/mol. The maximum absolute atomic E-state index is 11.6. The lowest BCUT2D eigenvalue weighted by molar-refractivity contribution is -0.156. The van der Waals surface area contributed by atoms with Gasteiger partial charge in [-0.25, -0.2) is 0 Å². The Morgan fingerprint density at radius 3 is 2.50 bits per heavy atom. The molecule has 1 fully saturated rings. The molecule has 0 saturated carbocycles. The molecule has 1 aliphatic carbocycles. The van der Waals surface area contributed by atoms with Gasteiger partial charge in [0.2, 0.25) is 0 Å². The van der Waals surface area contributed by atoms with E-state index in [1.165, 1.54) is 16.7 Å². The van der Waals surface area contributed by atoms with Gasteiger partial charge in [0.1, 0.15) is 6.10 Å². The lowest BCUT2D eigenvalue weighted by Crippen LogP contribution is -2.32. The van der Waals surface area contributed by atoms with Crippen molar-refractivity contribution in [3.63, 3.8) is 0 Å². The fourth-order valence-electron chi connectivity index (χ4n) is 4.69. The van der Waals surface area contributed by atoms with Gasteiger partial charge in [-0.15, -0.1) is 0 Å². The Morgan fingerprint density at radius 1 is 1.15 bits per heavy atom. The molecule has 0 bridgehead atoms. The molecule has 1 aromatic carbocycles. The minimum absolute atomic E-state index is 0.0285. The Morgan fingerprint density at radius 2 is 1.85 bits per heavy atom. The Labute approximate surface area is 156 Å². The summed E-state index contributed by atoms with van der Waals surface area (Å²) in [5, 5.41) is 9.84. The number of rotatable bonds is 3. The Balaban J connectivity index is 1.99. The summed E-state index contributed by atoms with van der Waals surface area (Å²) in [7, 11) is 0. The maximum atomic E-state index is 11.6. The molecule has 2 atom stereocenters. The summed E-state index contributed by atoms with van der Waals surface area (Å²) in [4.78, 5) is 11.6. The zero-order chi connectivity index (χ0) is 18.9. The predicted molar refractivity (Wildman–Crippen MR) is 104 cm³/mol. The Hall–Kier alpha value is -1.87. The summed E-state index contributed by atoms with van der Waals surface area (Å²) in [6.07, 6.45) is 5.83. The monoisotopic (exact) mass is 354 g/mol. The van der Waals surface area contributed by atoms with E-state index < -0.39 is 6.10 Å². The van der Waals surface area contributed by atoms with Crippen molar-refractivity contribution >= 4 is 11.5 Å². The first-order chi connectivity index (χ1) is 12.2. The van der Waals surface area contributed by atoms with Crippen LogP contribution < -0.4 is 0 Å². The molecule has 1 heterocycles. The van der Waals surface area contributed by atoms with Gasteiger partial charge in [0.05, 0.1) is 12.5 Å². The topological polar surface area (TPSA) is 46.5 Å². The third-order valence-electron chi connectivity index (χ3n) is 5.42. The Bertz CT molecular complexity index is 725. The molecule has 26 heavy (non-hydrogen) atoms. The van der Waals surface area contributed by atoms with Crippen LogP contribution in [0.3, 0.4) is 0 Å². The number of aliphatic hydroxyl groups is 1. The van der Waals surface area contributed by atoms with Crippen molar-refractivity contribution < 1.29 is 14.6 Å². The van der Waals surface area contributed by atoms with Crippen LogP contribution in [0.2, 0.25) is 0 Å². The number of hydrogen-bond acceptors (Lipinski definition) is 3. The van der Waals surface area contributed by atoms with Gasteiger partial charge in [0.25, 0.3) is 0 Å². The van der Waals surface area contributed by atoms with Crippen LogP contribution in [0.5, 0.6) is 0 Å². The quantitative estimate of drug-likeness (QED) is 0.785. The third kappa shape index (κ3) is 4.27. The van der Waals surface area contributed by atoms with Crippen LogP contribution >= 0.6 is 0 Å². The summed E-state index contributed by atoms with van der Waals surface area (Å²) in [5.41, 5.74) is 4.19. The molecule has 3 nitrogen and oxygen atoms in total. The fourth-order valence-corrected chi connectivity index (χ4v) is 4.69. The van der Waals surface area contributed by atoms with Crippen molar-refractivity contribution in [3.05, 3.63) is 53.6 Å². The number of ether oxygens (including phenoxy) is 1. The number of aliphatic hydroxyl groups excluding tert-OH is 1. The molecule has 0 spiro atoms. The van der Waals surface area contributed by atoms with Gasteiger partial charge >= 0.3 is 5.97 Å². The minimum atomic E-state index is -0.605. The van der Waals surface area contributed by atoms with Gasteiger partial charge in [-0.1, -0.05) is 64.1 Å². The number of allylic oxidation sites excluding steroid dienone is 3. The number of cyclic esters (lactones) is 1.